The van der Waals surface area contributed by atoms with Crippen LogP contribution >= 0.6 is 0 Å². The smallest absolute Gasteiger partial charge is 0.120 e. The molecule has 0 saturated heterocycles. The highest BCUT2D eigenvalue weighted by atomic mass is 15.1. The molecule has 0 saturated carbocycles. The van der Waals surface area contributed by atoms with Gasteiger partial charge in [-0.2, -0.15) is 0 Å². The number of allylic oxidation sites excluding steroid dienone is 1. The van der Waals surface area contributed by atoms with Gasteiger partial charge in [0.2, 0.25) is 0 Å². The van der Waals surface area contributed by atoms with Gasteiger partial charge in [0.25, 0.3) is 0 Å². The van der Waals surface area contributed by atoms with E-state index < -0.39 is 0 Å². The maximum absolute atomic E-state index is 4.23. The van der Waals surface area contributed by atoms with E-state index in [2.05, 4.69) is 29.4 Å². The minimum atomic E-state index is 0.936. The van der Waals surface area contributed by atoms with Crippen LogP contribution in [0.3, 0.4) is 0 Å². The molecule has 0 amide bonds. The Morgan fingerprint density at radius 1 is 1.70 bits per heavy atom. The second kappa shape index (κ2) is 4.09. The summed E-state index contributed by atoms with van der Waals surface area (Å²) < 4.78 is 0. The largest absolute Gasteiger partial charge is 0.369 e. The average Bonchev–Trinajstić information content (AvgIpc) is 2.41. The van der Waals surface area contributed by atoms with Crippen LogP contribution in [-0.2, 0) is 0 Å². The fourth-order valence-electron chi connectivity index (χ4n) is 0.889. The zero-order valence-corrected chi connectivity index (χ0v) is 6.43. The van der Waals surface area contributed by atoms with E-state index in [9.17, 15) is 0 Å². The van der Waals surface area contributed by atoms with E-state index in [-0.39, 0.29) is 0 Å². The van der Waals surface area contributed by atoms with Crippen molar-refractivity contribution in [3.63, 3.8) is 0 Å². The van der Waals surface area contributed by atoms with Crippen LogP contribution in [0.15, 0.2) is 17.1 Å². The minimum Gasteiger partial charge on any atom is -0.369 e. The van der Waals surface area contributed by atoms with Crippen molar-refractivity contribution in [2.45, 2.75) is 19.8 Å². The average molecular weight is 138 g/mol. The Balaban J connectivity index is 2.23. The molecule has 1 aliphatic heterocycles. The minimum absolute atomic E-state index is 0.936. The first-order valence-electron chi connectivity index (χ1n) is 3.88. The highest BCUT2D eigenvalue weighted by Crippen LogP contribution is 1.91. The summed E-state index contributed by atoms with van der Waals surface area (Å²) in [7, 11) is 0. The van der Waals surface area contributed by atoms with Crippen LogP contribution in [0.5, 0.6) is 0 Å². The van der Waals surface area contributed by atoms with E-state index in [0.717, 1.165) is 25.3 Å². The molecular weight excluding hydrogens is 124 g/mol. The highest BCUT2D eigenvalue weighted by molar-refractivity contribution is 5.93. The van der Waals surface area contributed by atoms with Gasteiger partial charge in [0.05, 0.1) is 6.54 Å². The van der Waals surface area contributed by atoms with Crippen LogP contribution in [0.25, 0.3) is 0 Å². The van der Waals surface area contributed by atoms with E-state index in [4.69, 9.17) is 0 Å². The van der Waals surface area contributed by atoms with Crippen LogP contribution < -0.4 is 5.32 Å². The molecule has 2 heteroatoms. The topological polar surface area (TPSA) is 24.4 Å². The Morgan fingerprint density at radius 3 is 3.20 bits per heavy atom. The summed E-state index contributed by atoms with van der Waals surface area (Å²) >= 11 is 0. The van der Waals surface area contributed by atoms with E-state index in [1.54, 1.807) is 0 Å². The van der Waals surface area contributed by atoms with E-state index in [0.29, 0.717) is 0 Å². The van der Waals surface area contributed by atoms with Crippen molar-refractivity contribution in [2.24, 2.45) is 4.99 Å². The number of hydrogen-bond donors (Lipinski definition) is 1. The molecule has 10 heavy (non-hydrogen) atoms. The normalized spacial score (nSPS) is 17.5. The lowest BCUT2D eigenvalue weighted by molar-refractivity contribution is 0.953. The number of nitrogens with zero attached hydrogens (tertiary/aromatic N) is 1. The van der Waals surface area contributed by atoms with Gasteiger partial charge in [-0.1, -0.05) is 19.4 Å². The van der Waals surface area contributed by atoms with Crippen molar-refractivity contribution < 1.29 is 0 Å². The van der Waals surface area contributed by atoms with Gasteiger partial charge in [-0.25, -0.2) is 0 Å². The number of rotatable bonds is 3. The molecule has 0 aromatic carbocycles. The highest BCUT2D eigenvalue weighted by Gasteiger charge is 1.97. The molecule has 0 aromatic rings. The Labute approximate surface area is 62.0 Å². The number of nitrogens with one attached hydrogen (secondary N) is 1. The van der Waals surface area contributed by atoms with Gasteiger partial charge in [-0.15, -0.1) is 0 Å². The first-order chi connectivity index (χ1) is 4.93. The Hall–Kier alpha value is -0.790. The number of hydrogen-bond acceptors (Lipinski definition) is 2. The quantitative estimate of drug-likeness (QED) is 0.625. The van der Waals surface area contributed by atoms with Gasteiger partial charge >= 0.3 is 0 Å². The second-order valence-electron chi connectivity index (χ2n) is 2.38. The standard InChI is InChI=1S/C8H14N2/c1-2-3-4-5-8-9-6-7-10-8/h4-5H,2-3,6-7H2,1H3,(H,9,10)/b5-4+. The number of aliphatic imine (C=N–C) groups is 1. The van der Waals surface area contributed by atoms with Gasteiger partial charge in [0.1, 0.15) is 5.84 Å². The third-order valence-electron chi connectivity index (χ3n) is 1.43. The molecule has 0 fully saturated rings. The molecule has 1 aliphatic rings. The first-order valence-corrected chi connectivity index (χ1v) is 3.88. The monoisotopic (exact) mass is 138 g/mol. The van der Waals surface area contributed by atoms with Crippen molar-refractivity contribution in [1.29, 1.82) is 0 Å². The number of amidine groups is 1. The van der Waals surface area contributed by atoms with Gasteiger partial charge in [-0.05, 0) is 12.5 Å². The van der Waals surface area contributed by atoms with E-state index in [1.807, 2.05) is 0 Å². The van der Waals surface area contributed by atoms with Crippen molar-refractivity contribution >= 4 is 5.84 Å². The molecule has 0 aromatic heterocycles. The molecule has 0 atom stereocenters. The molecule has 2 nitrogen and oxygen atoms in total. The van der Waals surface area contributed by atoms with Crippen molar-refractivity contribution in [2.75, 3.05) is 13.1 Å². The lowest BCUT2D eigenvalue weighted by atomic mass is 10.3. The van der Waals surface area contributed by atoms with Gasteiger partial charge in [0.15, 0.2) is 0 Å². The van der Waals surface area contributed by atoms with Crippen molar-refractivity contribution in [3.05, 3.63) is 12.2 Å². The zero-order valence-electron chi connectivity index (χ0n) is 6.43. The predicted octanol–water partition coefficient (Wildman–Crippen LogP) is 1.34. The molecule has 56 valence electrons. The molecule has 1 rings (SSSR count). The first kappa shape index (κ1) is 7.32. The number of unbranched alkanes of at least 4 members (excludes halogenated alkanes) is 1. The molecule has 0 radical (unpaired) electrons. The second-order valence-corrected chi connectivity index (χ2v) is 2.38. The third kappa shape index (κ3) is 2.21. The zero-order chi connectivity index (χ0) is 7.23. The van der Waals surface area contributed by atoms with Crippen LogP contribution in [0.2, 0.25) is 0 Å². The van der Waals surface area contributed by atoms with E-state index >= 15 is 0 Å². The molecule has 0 spiro atoms. The van der Waals surface area contributed by atoms with E-state index in [1.165, 1.54) is 6.42 Å². The summed E-state index contributed by atoms with van der Waals surface area (Å²) in [4.78, 5) is 4.23. The summed E-state index contributed by atoms with van der Waals surface area (Å²) in [6.07, 6.45) is 6.60. The lowest BCUT2D eigenvalue weighted by Gasteiger charge is -1.91. The lowest BCUT2D eigenvalue weighted by Crippen LogP contribution is -2.15. The predicted molar refractivity (Wildman–Crippen MR) is 44.4 cm³/mol. The fraction of sp³-hybridized carbons (Fsp3) is 0.625. The summed E-state index contributed by atoms with van der Waals surface area (Å²) in [5, 5.41) is 3.18. The Bertz CT molecular complexity index is 147. The van der Waals surface area contributed by atoms with Gasteiger partial charge < -0.3 is 5.32 Å². The SMILES string of the molecule is CCC/C=C/C1=NCCN1. The van der Waals surface area contributed by atoms with Crippen molar-refractivity contribution in [3.8, 4) is 0 Å². The molecule has 0 aliphatic carbocycles. The maximum Gasteiger partial charge on any atom is 0.120 e. The molecule has 1 heterocycles. The van der Waals surface area contributed by atoms with Crippen LogP contribution in [0.1, 0.15) is 19.8 Å². The summed E-state index contributed by atoms with van der Waals surface area (Å²) in [5.74, 6) is 1.05. The molecule has 0 bridgehead atoms. The van der Waals surface area contributed by atoms with Crippen LogP contribution in [0, 0.1) is 0 Å². The fourth-order valence-corrected chi connectivity index (χ4v) is 0.889. The van der Waals surface area contributed by atoms with Crippen LogP contribution in [0.4, 0.5) is 0 Å². The molecule has 0 unspecified atom stereocenters. The van der Waals surface area contributed by atoms with Crippen LogP contribution in [-0.4, -0.2) is 18.9 Å². The molecule has 1 N–H and O–H groups in total. The van der Waals surface area contributed by atoms with Gasteiger partial charge in [0, 0.05) is 6.54 Å². The summed E-state index contributed by atoms with van der Waals surface area (Å²) in [6, 6.07) is 0. The Morgan fingerprint density at radius 2 is 2.60 bits per heavy atom. The maximum atomic E-state index is 4.23. The third-order valence-corrected chi connectivity index (χ3v) is 1.43. The summed E-state index contributed by atoms with van der Waals surface area (Å²) in [5.41, 5.74) is 0. The Kier molecular flexibility index (Phi) is 3.00. The molecular formula is C8H14N2. The summed E-state index contributed by atoms with van der Waals surface area (Å²) in [6.45, 7) is 4.12. The van der Waals surface area contributed by atoms with Crippen molar-refractivity contribution in [1.82, 2.24) is 5.32 Å². The van der Waals surface area contributed by atoms with Gasteiger partial charge in [-0.3, -0.25) is 4.99 Å².